The number of benzene rings is 3. The fourth-order valence-electron chi connectivity index (χ4n) is 4.48. The first kappa shape index (κ1) is 25.9. The van der Waals surface area contributed by atoms with E-state index in [1.54, 1.807) is 0 Å². The van der Waals surface area contributed by atoms with Gasteiger partial charge in [-0.3, -0.25) is 0 Å². The van der Waals surface area contributed by atoms with Crippen molar-refractivity contribution in [2.75, 3.05) is 41.4 Å². The molecular formula is C30H36N2O4. The second-order valence-corrected chi connectivity index (χ2v) is 10.1. The Balaban J connectivity index is 1.56. The molecule has 2 atom stereocenters. The molecular weight excluding hydrogens is 452 g/mol. The van der Waals surface area contributed by atoms with Crippen LogP contribution in [-0.2, 0) is 9.47 Å². The van der Waals surface area contributed by atoms with Crippen LogP contribution in [0.3, 0.4) is 0 Å². The maximum Gasteiger partial charge on any atom is 0.338 e. The Morgan fingerprint density at radius 1 is 0.722 bits per heavy atom. The van der Waals surface area contributed by atoms with E-state index in [1.165, 1.54) is 0 Å². The van der Waals surface area contributed by atoms with Crippen LogP contribution in [0.2, 0.25) is 0 Å². The number of hydrogen-bond acceptors (Lipinski definition) is 6. The largest absolute Gasteiger partial charge is 0.462 e. The molecule has 0 bridgehead atoms. The van der Waals surface area contributed by atoms with Crippen LogP contribution in [0, 0.1) is 0 Å². The highest BCUT2D eigenvalue weighted by molar-refractivity contribution is 6.20. The molecule has 0 saturated carbocycles. The van der Waals surface area contributed by atoms with Crippen molar-refractivity contribution in [2.45, 2.75) is 38.8 Å². The van der Waals surface area contributed by atoms with Gasteiger partial charge in [0.05, 0.1) is 24.3 Å². The summed E-state index contributed by atoms with van der Waals surface area (Å²) in [6.07, 6.45) is 1.56. The number of fused-ring (bicyclic) bond motifs is 3. The summed E-state index contributed by atoms with van der Waals surface area (Å²) in [5.74, 6) is -0.625. The van der Waals surface area contributed by atoms with Crippen molar-refractivity contribution >= 4 is 22.7 Å². The maximum atomic E-state index is 13.0. The van der Waals surface area contributed by atoms with E-state index in [0.29, 0.717) is 36.4 Å². The third kappa shape index (κ3) is 5.15. The van der Waals surface area contributed by atoms with E-state index in [4.69, 9.17) is 9.47 Å². The minimum Gasteiger partial charge on any atom is -0.462 e. The Morgan fingerprint density at radius 2 is 1.31 bits per heavy atom. The molecule has 0 amide bonds. The van der Waals surface area contributed by atoms with Crippen molar-refractivity contribution in [2.24, 2.45) is 0 Å². The van der Waals surface area contributed by atoms with Crippen LogP contribution in [0.25, 0.3) is 33.0 Å². The predicted molar refractivity (Wildman–Crippen MR) is 144 cm³/mol. The van der Waals surface area contributed by atoms with Crippen LogP contribution >= 0.6 is 0 Å². The lowest BCUT2D eigenvalue weighted by Crippen LogP contribution is -2.26. The highest BCUT2D eigenvalue weighted by Gasteiger charge is 2.25. The van der Waals surface area contributed by atoms with Crippen LogP contribution in [-0.4, -0.2) is 75.2 Å². The Labute approximate surface area is 213 Å². The molecule has 3 aromatic rings. The first-order valence-electron chi connectivity index (χ1n) is 12.6. The normalized spacial score (nSPS) is 13.7. The lowest BCUT2D eigenvalue weighted by molar-refractivity contribution is 0.0468. The van der Waals surface area contributed by atoms with Gasteiger partial charge in [0.15, 0.2) is 0 Å². The molecule has 0 heterocycles. The molecule has 2 unspecified atom stereocenters. The van der Waals surface area contributed by atoms with Gasteiger partial charge < -0.3 is 19.3 Å². The molecule has 0 N–H and O–H groups in total. The number of rotatable bonds is 10. The molecule has 0 spiro atoms. The van der Waals surface area contributed by atoms with E-state index in [1.807, 2.05) is 70.7 Å². The van der Waals surface area contributed by atoms with Gasteiger partial charge in [-0.1, -0.05) is 30.3 Å². The summed E-state index contributed by atoms with van der Waals surface area (Å²) in [7, 11) is 8.07. The Kier molecular flexibility index (Phi) is 7.76. The van der Waals surface area contributed by atoms with Crippen LogP contribution < -0.4 is 0 Å². The highest BCUT2D eigenvalue weighted by atomic mass is 16.5. The predicted octanol–water partition coefficient (Wildman–Crippen LogP) is 5.48. The third-order valence-corrected chi connectivity index (χ3v) is 7.40. The average Bonchev–Trinajstić information content (AvgIpc) is 3.18. The van der Waals surface area contributed by atoms with E-state index in [-0.39, 0.29) is 11.9 Å². The van der Waals surface area contributed by atoms with E-state index >= 15 is 0 Å². The lowest BCUT2D eigenvalue weighted by atomic mass is 9.98. The molecule has 1 aliphatic carbocycles. The first-order chi connectivity index (χ1) is 17.2. The zero-order valence-corrected chi connectivity index (χ0v) is 22.1. The van der Waals surface area contributed by atoms with Gasteiger partial charge in [0, 0.05) is 12.1 Å². The molecule has 1 aliphatic rings. The molecule has 4 rings (SSSR count). The standard InChI is InChI=1S/C30H36N2O4/c1-19(31(3)4)14-16-35-29(33)21-10-11-22-23-8-7-9-24-26(13-12-25(28(23)24)27(22)18-21)30(34)36-17-15-20(2)32(5)6/h7-13,18-20H,14-17H2,1-6H3. The number of carbonyl (C=O) groups is 2. The first-order valence-corrected chi connectivity index (χ1v) is 12.6. The zero-order chi connectivity index (χ0) is 26.0. The Bertz CT molecular complexity index is 1280. The summed E-state index contributed by atoms with van der Waals surface area (Å²) < 4.78 is 11.2. The van der Waals surface area contributed by atoms with E-state index in [9.17, 15) is 9.59 Å². The van der Waals surface area contributed by atoms with Crippen molar-refractivity contribution in [1.82, 2.24) is 9.80 Å². The van der Waals surface area contributed by atoms with Gasteiger partial charge >= 0.3 is 11.9 Å². The summed E-state index contributed by atoms with van der Waals surface area (Å²) in [6, 6.07) is 16.2. The number of ether oxygens (including phenoxy) is 2. The Morgan fingerprint density at radius 3 is 1.94 bits per heavy atom. The van der Waals surface area contributed by atoms with Crippen LogP contribution in [0.5, 0.6) is 0 Å². The molecule has 36 heavy (non-hydrogen) atoms. The smallest absolute Gasteiger partial charge is 0.338 e. The average molecular weight is 489 g/mol. The SMILES string of the molecule is CC(CCOC(=O)c1ccc2c(c1)-c1ccc(C(=O)OCCC(C)N(C)C)c3cccc-2c13)N(C)C. The van der Waals surface area contributed by atoms with Crippen LogP contribution in [0.4, 0.5) is 0 Å². The second kappa shape index (κ2) is 10.8. The van der Waals surface area contributed by atoms with Gasteiger partial charge in [-0.2, -0.15) is 0 Å². The van der Waals surface area contributed by atoms with Crippen molar-refractivity contribution < 1.29 is 19.1 Å². The lowest BCUT2D eigenvalue weighted by Gasteiger charge is -2.19. The topological polar surface area (TPSA) is 59.1 Å². The number of nitrogens with zero attached hydrogens (tertiary/aromatic N) is 2. The molecule has 0 aliphatic heterocycles. The summed E-state index contributed by atoms with van der Waals surface area (Å²) in [5.41, 5.74) is 5.22. The van der Waals surface area contributed by atoms with E-state index in [2.05, 4.69) is 29.7 Å². The van der Waals surface area contributed by atoms with E-state index in [0.717, 1.165) is 45.9 Å². The van der Waals surface area contributed by atoms with Crippen molar-refractivity contribution in [3.05, 3.63) is 59.7 Å². The second-order valence-electron chi connectivity index (χ2n) is 10.1. The van der Waals surface area contributed by atoms with Crippen LogP contribution in [0.1, 0.15) is 47.4 Å². The number of hydrogen-bond donors (Lipinski definition) is 0. The van der Waals surface area contributed by atoms with Crippen molar-refractivity contribution in [3.63, 3.8) is 0 Å². The zero-order valence-electron chi connectivity index (χ0n) is 22.1. The third-order valence-electron chi connectivity index (χ3n) is 7.40. The van der Waals surface area contributed by atoms with Crippen molar-refractivity contribution in [3.8, 4) is 22.3 Å². The minimum absolute atomic E-state index is 0.308. The molecule has 0 aromatic heterocycles. The molecule has 190 valence electrons. The van der Waals surface area contributed by atoms with Gasteiger partial charge in [0.1, 0.15) is 0 Å². The summed E-state index contributed by atoms with van der Waals surface area (Å²) >= 11 is 0. The van der Waals surface area contributed by atoms with Gasteiger partial charge in [-0.05, 0) is 106 Å². The van der Waals surface area contributed by atoms with Gasteiger partial charge in [0.25, 0.3) is 0 Å². The molecule has 3 aromatic carbocycles. The van der Waals surface area contributed by atoms with Gasteiger partial charge in [-0.15, -0.1) is 0 Å². The Hall–Kier alpha value is -3.22. The maximum absolute atomic E-state index is 13.0. The van der Waals surface area contributed by atoms with E-state index < -0.39 is 0 Å². The van der Waals surface area contributed by atoms with Crippen molar-refractivity contribution in [1.29, 1.82) is 0 Å². The summed E-state index contributed by atoms with van der Waals surface area (Å²) in [4.78, 5) is 29.9. The number of carbonyl (C=O) groups excluding carboxylic acids is 2. The quantitative estimate of drug-likeness (QED) is 0.276. The van der Waals surface area contributed by atoms with Gasteiger partial charge in [-0.25, -0.2) is 9.59 Å². The number of esters is 2. The molecule has 6 heteroatoms. The fraction of sp³-hybridized carbons (Fsp3) is 0.400. The van der Waals surface area contributed by atoms with Gasteiger partial charge in [0.2, 0.25) is 0 Å². The minimum atomic E-state index is -0.317. The summed E-state index contributed by atoms with van der Waals surface area (Å²) in [5, 5.41) is 1.89. The monoisotopic (exact) mass is 488 g/mol. The molecule has 0 fully saturated rings. The summed E-state index contributed by atoms with van der Waals surface area (Å²) in [6.45, 7) is 4.97. The molecule has 6 nitrogen and oxygen atoms in total. The highest BCUT2D eigenvalue weighted by Crippen LogP contribution is 2.48. The van der Waals surface area contributed by atoms with Crippen LogP contribution in [0.15, 0.2) is 48.5 Å². The molecule has 0 radical (unpaired) electrons. The fourth-order valence-corrected chi connectivity index (χ4v) is 4.48. The molecule has 0 saturated heterocycles.